The molecule has 0 aromatic heterocycles. The first-order chi connectivity index (χ1) is 5.20. The van der Waals surface area contributed by atoms with Crippen LogP contribution in [0, 0.1) is 17.8 Å². The predicted octanol–water partition coefficient (Wildman–Crippen LogP) is 0.982. The normalized spacial score (nSPS) is 48.2. The number of aliphatic hydroxyl groups is 1. The number of hydrogen-bond donors (Lipinski definition) is 1. The van der Waals surface area contributed by atoms with Gasteiger partial charge in [-0.2, -0.15) is 0 Å². The zero-order valence-electron chi connectivity index (χ0n) is 6.79. The van der Waals surface area contributed by atoms with Gasteiger partial charge in [-0.1, -0.05) is 0 Å². The van der Waals surface area contributed by atoms with Crippen molar-refractivity contribution in [1.29, 1.82) is 0 Å². The van der Waals surface area contributed by atoms with E-state index >= 15 is 0 Å². The van der Waals surface area contributed by atoms with Crippen LogP contribution in [-0.2, 0) is 4.79 Å². The van der Waals surface area contributed by atoms with E-state index < -0.39 is 0 Å². The predicted molar refractivity (Wildman–Crippen MR) is 41.0 cm³/mol. The Labute approximate surface area is 66.6 Å². The third-order valence-electron chi connectivity index (χ3n) is 3.34. The lowest BCUT2D eigenvalue weighted by Gasteiger charge is -2.24. The Morgan fingerprint density at radius 2 is 2.00 bits per heavy atom. The maximum absolute atomic E-state index is 11.1. The first-order valence-corrected chi connectivity index (χ1v) is 4.38. The smallest absolute Gasteiger partial charge is 0.135 e. The summed E-state index contributed by atoms with van der Waals surface area (Å²) < 4.78 is 0. The van der Waals surface area contributed by atoms with Crippen LogP contribution in [0.4, 0.5) is 0 Å². The van der Waals surface area contributed by atoms with Crippen molar-refractivity contribution in [2.24, 2.45) is 17.8 Å². The summed E-state index contributed by atoms with van der Waals surface area (Å²) in [4.78, 5) is 11.1. The summed E-state index contributed by atoms with van der Waals surface area (Å²) in [7, 11) is 0. The number of Topliss-reactive ketones (excluding diaryl/α,β-unsaturated/α-hetero) is 1. The van der Waals surface area contributed by atoms with Crippen molar-refractivity contribution in [2.45, 2.75) is 32.3 Å². The zero-order chi connectivity index (χ0) is 8.01. The monoisotopic (exact) mass is 154 g/mol. The van der Waals surface area contributed by atoms with Crippen molar-refractivity contribution < 1.29 is 9.90 Å². The minimum atomic E-state index is -0.314. The Kier molecular flexibility index (Phi) is 1.53. The third-order valence-corrected chi connectivity index (χ3v) is 3.34. The molecule has 0 saturated heterocycles. The second-order valence-electron chi connectivity index (χ2n) is 3.96. The van der Waals surface area contributed by atoms with Crippen LogP contribution in [0.25, 0.3) is 0 Å². The van der Waals surface area contributed by atoms with Gasteiger partial charge < -0.3 is 5.11 Å². The quantitative estimate of drug-likeness (QED) is 0.611. The zero-order valence-corrected chi connectivity index (χ0v) is 6.79. The lowest BCUT2D eigenvalue weighted by Crippen LogP contribution is -2.32. The number of carbonyl (C=O) groups excluding carboxylic acids is 1. The molecule has 2 unspecified atom stereocenters. The molecule has 0 aromatic rings. The number of rotatable bonds is 1. The minimum Gasteiger partial charge on any atom is -0.392 e. The molecule has 2 heteroatoms. The fraction of sp³-hybridized carbons (Fsp3) is 0.889. The Hall–Kier alpha value is -0.370. The highest BCUT2D eigenvalue weighted by Crippen LogP contribution is 2.48. The minimum absolute atomic E-state index is 0.0197. The van der Waals surface area contributed by atoms with Crippen molar-refractivity contribution in [1.82, 2.24) is 0 Å². The number of ketones is 1. The molecule has 0 radical (unpaired) electrons. The van der Waals surface area contributed by atoms with E-state index in [1.165, 1.54) is 0 Å². The molecule has 11 heavy (non-hydrogen) atoms. The van der Waals surface area contributed by atoms with E-state index in [-0.39, 0.29) is 17.8 Å². The van der Waals surface area contributed by atoms with Gasteiger partial charge in [0.2, 0.25) is 0 Å². The molecule has 0 aromatic carbocycles. The van der Waals surface area contributed by atoms with Gasteiger partial charge in [-0.15, -0.1) is 0 Å². The third kappa shape index (κ3) is 0.924. The Morgan fingerprint density at radius 1 is 1.36 bits per heavy atom. The molecule has 2 rings (SSSR count). The summed E-state index contributed by atoms with van der Waals surface area (Å²) in [6.07, 6.45) is 3.07. The molecule has 0 amide bonds. The SMILES string of the molecule is CC(=O)C1C(O)[C@@H]2CC[C@H]1C2. The molecule has 2 aliphatic carbocycles. The molecule has 62 valence electrons. The molecule has 2 aliphatic rings. The molecule has 0 spiro atoms. The first kappa shape index (κ1) is 7.29. The fourth-order valence-electron chi connectivity index (χ4n) is 2.83. The Balaban J connectivity index is 2.17. The fourth-order valence-corrected chi connectivity index (χ4v) is 2.83. The van der Waals surface area contributed by atoms with Gasteiger partial charge in [-0.25, -0.2) is 0 Å². The molecule has 0 heterocycles. The second-order valence-corrected chi connectivity index (χ2v) is 3.96. The highest BCUT2D eigenvalue weighted by Gasteiger charge is 2.48. The highest BCUT2D eigenvalue weighted by atomic mass is 16.3. The molecule has 1 N–H and O–H groups in total. The van der Waals surface area contributed by atoms with Gasteiger partial charge in [0.1, 0.15) is 5.78 Å². The average Bonchev–Trinajstić information content (AvgIpc) is 2.44. The summed E-state index contributed by atoms with van der Waals surface area (Å²) >= 11 is 0. The number of fused-ring (bicyclic) bond motifs is 2. The van der Waals surface area contributed by atoms with Crippen LogP contribution in [0.5, 0.6) is 0 Å². The largest absolute Gasteiger partial charge is 0.392 e. The van der Waals surface area contributed by atoms with E-state index in [0.29, 0.717) is 11.8 Å². The summed E-state index contributed by atoms with van der Waals surface area (Å²) in [5.74, 6) is 1.11. The molecule has 0 aliphatic heterocycles. The number of hydrogen-bond acceptors (Lipinski definition) is 2. The van der Waals surface area contributed by atoms with Gasteiger partial charge in [-0.3, -0.25) is 4.79 Å². The lowest BCUT2D eigenvalue weighted by molar-refractivity contribution is -0.126. The van der Waals surface area contributed by atoms with E-state index in [1.807, 2.05) is 0 Å². The second kappa shape index (κ2) is 2.31. The molecule has 2 fully saturated rings. The number of aliphatic hydroxyl groups excluding tert-OH is 1. The van der Waals surface area contributed by atoms with Crippen LogP contribution in [0.2, 0.25) is 0 Å². The summed E-state index contributed by atoms with van der Waals surface area (Å²) in [5.41, 5.74) is 0. The van der Waals surface area contributed by atoms with Crippen molar-refractivity contribution >= 4 is 5.78 Å². The van der Waals surface area contributed by atoms with Crippen molar-refractivity contribution in [3.05, 3.63) is 0 Å². The van der Waals surface area contributed by atoms with Crippen LogP contribution in [0.15, 0.2) is 0 Å². The van der Waals surface area contributed by atoms with Gasteiger partial charge in [0.05, 0.1) is 6.10 Å². The van der Waals surface area contributed by atoms with E-state index in [4.69, 9.17) is 0 Å². The van der Waals surface area contributed by atoms with E-state index in [2.05, 4.69) is 0 Å². The maximum atomic E-state index is 11.1. The van der Waals surface area contributed by atoms with Crippen LogP contribution >= 0.6 is 0 Å². The first-order valence-electron chi connectivity index (χ1n) is 4.38. The van der Waals surface area contributed by atoms with Gasteiger partial charge >= 0.3 is 0 Å². The summed E-state index contributed by atoms with van der Waals surface area (Å²) in [5, 5.41) is 9.63. The van der Waals surface area contributed by atoms with E-state index in [1.54, 1.807) is 6.92 Å². The molecular formula is C9H14O2. The average molecular weight is 154 g/mol. The van der Waals surface area contributed by atoms with Gasteiger partial charge in [0.15, 0.2) is 0 Å². The Morgan fingerprint density at radius 3 is 2.36 bits per heavy atom. The van der Waals surface area contributed by atoms with Crippen molar-refractivity contribution in [2.75, 3.05) is 0 Å². The van der Waals surface area contributed by atoms with Crippen molar-refractivity contribution in [3.8, 4) is 0 Å². The van der Waals surface area contributed by atoms with Gasteiger partial charge in [-0.05, 0) is 38.0 Å². The van der Waals surface area contributed by atoms with Crippen LogP contribution in [0.3, 0.4) is 0 Å². The van der Waals surface area contributed by atoms with Crippen molar-refractivity contribution in [3.63, 3.8) is 0 Å². The summed E-state index contributed by atoms with van der Waals surface area (Å²) in [6.45, 7) is 1.61. The molecule has 2 bridgehead atoms. The van der Waals surface area contributed by atoms with Crippen LogP contribution in [-0.4, -0.2) is 17.0 Å². The van der Waals surface area contributed by atoms with Crippen LogP contribution < -0.4 is 0 Å². The Bertz CT molecular complexity index is 186. The van der Waals surface area contributed by atoms with Crippen LogP contribution in [0.1, 0.15) is 26.2 Å². The topological polar surface area (TPSA) is 37.3 Å². The molecule has 4 atom stereocenters. The number of carbonyl (C=O) groups is 1. The summed E-state index contributed by atoms with van der Waals surface area (Å²) in [6, 6.07) is 0. The molecular weight excluding hydrogens is 140 g/mol. The van der Waals surface area contributed by atoms with E-state index in [9.17, 15) is 9.90 Å². The van der Waals surface area contributed by atoms with Gasteiger partial charge in [0, 0.05) is 5.92 Å². The van der Waals surface area contributed by atoms with E-state index in [0.717, 1.165) is 19.3 Å². The molecule has 2 saturated carbocycles. The lowest BCUT2D eigenvalue weighted by atomic mass is 9.84. The maximum Gasteiger partial charge on any atom is 0.135 e. The highest BCUT2D eigenvalue weighted by molar-refractivity contribution is 5.79. The standard InChI is InChI=1S/C9H14O2/c1-5(10)8-6-2-3-7(4-6)9(8)11/h6-9,11H,2-4H2,1H3/t6-,7+,8?,9?/m0/s1. The van der Waals surface area contributed by atoms with Gasteiger partial charge in [0.25, 0.3) is 0 Å². The molecule has 2 nitrogen and oxygen atoms in total.